The second kappa shape index (κ2) is 5.80. The zero-order valence-electron chi connectivity index (χ0n) is 12.4. The lowest BCUT2D eigenvalue weighted by Gasteiger charge is -2.38. The summed E-state index contributed by atoms with van der Waals surface area (Å²) in [5.74, 6) is 0.274. The molecule has 0 atom stereocenters. The third-order valence-corrected chi connectivity index (χ3v) is 4.92. The summed E-state index contributed by atoms with van der Waals surface area (Å²) < 4.78 is 5.40. The van der Waals surface area contributed by atoms with Crippen LogP contribution in [0.3, 0.4) is 0 Å². The number of likely N-dealkylation sites (tertiary alicyclic amines) is 1. The lowest BCUT2D eigenvalue weighted by Crippen LogP contribution is -2.51. The molecule has 0 saturated carbocycles. The number of hydrogen-bond donors (Lipinski definition) is 1. The van der Waals surface area contributed by atoms with E-state index in [0.29, 0.717) is 25.2 Å². The largest absolute Gasteiger partial charge is 0.381 e. The highest BCUT2D eigenvalue weighted by molar-refractivity contribution is 5.83. The molecule has 19 heavy (non-hydrogen) atoms. The van der Waals surface area contributed by atoms with Crippen molar-refractivity contribution in [3.8, 4) is 0 Å². The van der Waals surface area contributed by atoms with Gasteiger partial charge in [0.05, 0.1) is 5.41 Å². The Hall–Kier alpha value is -0.610. The molecule has 2 heterocycles. The first-order valence-corrected chi connectivity index (χ1v) is 7.56. The molecule has 110 valence electrons. The Balaban J connectivity index is 2.05. The summed E-state index contributed by atoms with van der Waals surface area (Å²) in [5.41, 5.74) is 5.94. The molecule has 0 radical (unpaired) electrons. The maximum atomic E-state index is 12.9. The van der Waals surface area contributed by atoms with Gasteiger partial charge in [0.1, 0.15) is 0 Å². The van der Waals surface area contributed by atoms with Gasteiger partial charge in [-0.3, -0.25) is 4.79 Å². The highest BCUT2D eigenvalue weighted by Gasteiger charge is 2.42. The standard InChI is InChI=1S/C15H28N2O2/c1-14(2)4-3-8-17(9-5-14)13(18)15(12-16)6-10-19-11-7-15/h3-12,16H2,1-2H3. The highest BCUT2D eigenvalue weighted by atomic mass is 16.5. The van der Waals surface area contributed by atoms with Crippen LogP contribution >= 0.6 is 0 Å². The first-order valence-electron chi connectivity index (χ1n) is 7.56. The summed E-state index contributed by atoms with van der Waals surface area (Å²) in [4.78, 5) is 14.9. The van der Waals surface area contributed by atoms with Crippen molar-refractivity contribution in [2.45, 2.75) is 46.0 Å². The van der Waals surface area contributed by atoms with Crippen molar-refractivity contribution < 1.29 is 9.53 Å². The number of carbonyl (C=O) groups is 1. The molecule has 0 aliphatic carbocycles. The minimum atomic E-state index is -0.354. The van der Waals surface area contributed by atoms with Crippen LogP contribution < -0.4 is 5.73 Å². The fourth-order valence-electron chi connectivity index (χ4n) is 3.23. The molecule has 2 saturated heterocycles. The van der Waals surface area contributed by atoms with Gasteiger partial charge < -0.3 is 15.4 Å². The summed E-state index contributed by atoms with van der Waals surface area (Å²) in [7, 11) is 0. The van der Waals surface area contributed by atoms with Gasteiger partial charge in [-0.1, -0.05) is 13.8 Å². The first kappa shape index (κ1) is 14.8. The Kier molecular flexibility index (Phi) is 4.51. The van der Waals surface area contributed by atoms with E-state index in [-0.39, 0.29) is 11.3 Å². The zero-order valence-corrected chi connectivity index (χ0v) is 12.4. The van der Waals surface area contributed by atoms with Gasteiger partial charge in [0, 0.05) is 32.8 Å². The molecule has 0 aromatic rings. The van der Waals surface area contributed by atoms with Crippen LogP contribution in [-0.2, 0) is 9.53 Å². The van der Waals surface area contributed by atoms with E-state index in [0.717, 1.165) is 38.8 Å². The maximum absolute atomic E-state index is 12.9. The van der Waals surface area contributed by atoms with E-state index in [9.17, 15) is 4.79 Å². The molecule has 0 bridgehead atoms. The van der Waals surface area contributed by atoms with Gasteiger partial charge in [-0.2, -0.15) is 0 Å². The van der Waals surface area contributed by atoms with Crippen LogP contribution in [0.4, 0.5) is 0 Å². The van der Waals surface area contributed by atoms with Crippen LogP contribution in [0.5, 0.6) is 0 Å². The molecule has 2 aliphatic rings. The van der Waals surface area contributed by atoms with Gasteiger partial charge in [-0.05, 0) is 37.5 Å². The van der Waals surface area contributed by atoms with Crippen molar-refractivity contribution in [1.29, 1.82) is 0 Å². The van der Waals surface area contributed by atoms with E-state index in [2.05, 4.69) is 18.7 Å². The van der Waals surface area contributed by atoms with Gasteiger partial charge >= 0.3 is 0 Å². The van der Waals surface area contributed by atoms with Crippen molar-refractivity contribution in [2.75, 3.05) is 32.8 Å². The average molecular weight is 268 g/mol. The van der Waals surface area contributed by atoms with Crippen LogP contribution in [0.2, 0.25) is 0 Å². The smallest absolute Gasteiger partial charge is 0.230 e. The summed E-state index contributed by atoms with van der Waals surface area (Å²) >= 11 is 0. The lowest BCUT2D eigenvalue weighted by molar-refractivity contribution is -0.147. The van der Waals surface area contributed by atoms with E-state index < -0.39 is 0 Å². The average Bonchev–Trinajstić information content (AvgIpc) is 2.59. The molecule has 2 N–H and O–H groups in total. The SMILES string of the molecule is CC1(C)CCCN(C(=O)C2(CN)CCOCC2)CC1. The van der Waals surface area contributed by atoms with E-state index in [1.807, 2.05) is 0 Å². The third kappa shape index (κ3) is 3.29. The molecule has 2 rings (SSSR count). The lowest BCUT2D eigenvalue weighted by atomic mass is 9.78. The minimum Gasteiger partial charge on any atom is -0.381 e. The fourth-order valence-corrected chi connectivity index (χ4v) is 3.23. The second-order valence-corrected chi connectivity index (χ2v) is 6.91. The molecule has 4 nitrogen and oxygen atoms in total. The Bertz CT molecular complexity index is 322. The topological polar surface area (TPSA) is 55.6 Å². The number of ether oxygens (including phenoxy) is 1. The molecule has 0 aromatic carbocycles. The van der Waals surface area contributed by atoms with Crippen molar-refractivity contribution >= 4 is 5.91 Å². The summed E-state index contributed by atoms with van der Waals surface area (Å²) in [6, 6.07) is 0. The molecule has 2 fully saturated rings. The number of nitrogens with zero attached hydrogens (tertiary/aromatic N) is 1. The zero-order chi connectivity index (χ0) is 13.9. The first-order chi connectivity index (χ1) is 8.99. The molecular formula is C15H28N2O2. The summed E-state index contributed by atoms with van der Waals surface area (Å²) in [6.45, 7) is 8.17. The van der Waals surface area contributed by atoms with Crippen molar-refractivity contribution in [3.63, 3.8) is 0 Å². The van der Waals surface area contributed by atoms with E-state index in [4.69, 9.17) is 10.5 Å². The molecule has 4 heteroatoms. The van der Waals surface area contributed by atoms with E-state index in [1.165, 1.54) is 6.42 Å². The predicted octanol–water partition coefficient (Wildman–Crippen LogP) is 1.78. The van der Waals surface area contributed by atoms with Crippen LogP contribution in [-0.4, -0.2) is 43.7 Å². The van der Waals surface area contributed by atoms with Gasteiger partial charge in [0.2, 0.25) is 5.91 Å². The third-order valence-electron chi connectivity index (χ3n) is 4.92. The minimum absolute atomic E-state index is 0.274. The Labute approximate surface area is 116 Å². The number of rotatable bonds is 2. The Morgan fingerprint density at radius 3 is 2.47 bits per heavy atom. The van der Waals surface area contributed by atoms with Crippen molar-refractivity contribution in [3.05, 3.63) is 0 Å². The van der Waals surface area contributed by atoms with Gasteiger partial charge in [-0.25, -0.2) is 0 Å². The molecular weight excluding hydrogens is 240 g/mol. The predicted molar refractivity (Wildman–Crippen MR) is 75.8 cm³/mol. The van der Waals surface area contributed by atoms with E-state index in [1.54, 1.807) is 0 Å². The van der Waals surface area contributed by atoms with Crippen molar-refractivity contribution in [1.82, 2.24) is 4.90 Å². The molecule has 0 aromatic heterocycles. The Morgan fingerprint density at radius 2 is 1.84 bits per heavy atom. The quantitative estimate of drug-likeness (QED) is 0.830. The molecule has 1 amide bonds. The number of amides is 1. The summed E-state index contributed by atoms with van der Waals surface area (Å²) in [6.07, 6.45) is 4.96. The van der Waals surface area contributed by atoms with Crippen LogP contribution in [0.1, 0.15) is 46.0 Å². The molecule has 0 unspecified atom stereocenters. The Morgan fingerprint density at radius 1 is 1.16 bits per heavy atom. The maximum Gasteiger partial charge on any atom is 0.230 e. The van der Waals surface area contributed by atoms with Crippen molar-refractivity contribution in [2.24, 2.45) is 16.6 Å². The fraction of sp³-hybridized carbons (Fsp3) is 0.933. The number of hydrogen-bond acceptors (Lipinski definition) is 3. The van der Waals surface area contributed by atoms with Crippen LogP contribution in [0, 0.1) is 10.8 Å². The second-order valence-electron chi connectivity index (χ2n) is 6.91. The van der Waals surface area contributed by atoms with Crippen LogP contribution in [0.25, 0.3) is 0 Å². The highest BCUT2D eigenvalue weighted by Crippen LogP contribution is 2.35. The number of carbonyl (C=O) groups excluding carboxylic acids is 1. The normalized spacial score (nSPS) is 26.8. The summed E-state index contributed by atoms with van der Waals surface area (Å²) in [5, 5.41) is 0. The monoisotopic (exact) mass is 268 g/mol. The molecule has 0 spiro atoms. The van der Waals surface area contributed by atoms with Crippen LogP contribution in [0.15, 0.2) is 0 Å². The molecule has 2 aliphatic heterocycles. The van der Waals surface area contributed by atoms with Gasteiger partial charge in [0.25, 0.3) is 0 Å². The van der Waals surface area contributed by atoms with E-state index >= 15 is 0 Å². The van der Waals surface area contributed by atoms with Gasteiger partial charge in [0.15, 0.2) is 0 Å². The number of nitrogens with two attached hydrogens (primary N) is 1. The van der Waals surface area contributed by atoms with Gasteiger partial charge in [-0.15, -0.1) is 0 Å².